The summed E-state index contributed by atoms with van der Waals surface area (Å²) >= 11 is 9.68. The summed E-state index contributed by atoms with van der Waals surface area (Å²) in [6.45, 7) is 3.16. The van der Waals surface area contributed by atoms with Gasteiger partial charge in [-0.15, -0.1) is 23.4 Å². The Morgan fingerprint density at radius 3 is 2.71 bits per heavy atom. The number of fused-ring (bicyclic) bond motifs is 2. The minimum Gasteiger partial charge on any atom is -0.340 e. The van der Waals surface area contributed by atoms with Gasteiger partial charge in [-0.2, -0.15) is 0 Å². The number of hydrogen-bond donors (Lipinski definition) is 0. The Morgan fingerprint density at radius 1 is 1.10 bits per heavy atom. The molecule has 0 N–H and O–H groups in total. The van der Waals surface area contributed by atoms with E-state index < -0.39 is 0 Å². The van der Waals surface area contributed by atoms with Gasteiger partial charge in [0.25, 0.3) is 0 Å². The van der Waals surface area contributed by atoms with Gasteiger partial charge in [-0.25, -0.2) is 0 Å². The first-order valence-electron chi connectivity index (χ1n) is 7.20. The number of alkyl halides is 1. The van der Waals surface area contributed by atoms with E-state index in [1.807, 2.05) is 23.5 Å². The van der Waals surface area contributed by atoms with Crippen LogP contribution in [0, 0.1) is 0 Å². The maximum absolute atomic E-state index is 5.92. The number of hydrogen-bond acceptors (Lipinski definition) is 3. The molecule has 4 heteroatoms. The third-order valence-corrected chi connectivity index (χ3v) is 5.70. The molecule has 0 saturated carbocycles. The minimum absolute atomic E-state index is 0.699. The second-order valence-corrected chi connectivity index (χ2v) is 7.63. The fourth-order valence-corrected chi connectivity index (χ4v) is 4.41. The van der Waals surface area contributed by atoms with Gasteiger partial charge in [0, 0.05) is 27.1 Å². The van der Waals surface area contributed by atoms with E-state index in [-0.39, 0.29) is 0 Å². The van der Waals surface area contributed by atoms with E-state index in [9.17, 15) is 0 Å². The summed E-state index contributed by atoms with van der Waals surface area (Å²) in [5.41, 5.74) is 2.63. The maximum Gasteiger partial charge on any atom is 0.0564 e. The quantitative estimate of drug-likeness (QED) is 0.485. The number of para-hydroxylation sites is 1. The van der Waals surface area contributed by atoms with Crippen LogP contribution in [0.3, 0.4) is 0 Å². The van der Waals surface area contributed by atoms with E-state index in [0.29, 0.717) is 5.88 Å². The molecule has 1 heterocycles. The van der Waals surface area contributed by atoms with Gasteiger partial charge >= 0.3 is 0 Å². The van der Waals surface area contributed by atoms with E-state index in [0.717, 1.165) is 18.7 Å². The zero-order valence-electron chi connectivity index (χ0n) is 12.0. The molecule has 0 aromatic heterocycles. The first-order valence-corrected chi connectivity index (χ1v) is 9.54. The maximum atomic E-state index is 5.92. The van der Waals surface area contributed by atoms with Crippen molar-refractivity contribution < 1.29 is 0 Å². The monoisotopic (exact) mass is 335 g/mol. The molecule has 3 rings (SSSR count). The molecule has 0 spiro atoms. The van der Waals surface area contributed by atoms with Crippen molar-refractivity contribution in [3.05, 3.63) is 42.5 Å². The van der Waals surface area contributed by atoms with Crippen molar-refractivity contribution in [1.29, 1.82) is 0 Å². The van der Waals surface area contributed by atoms with Crippen molar-refractivity contribution >= 4 is 46.5 Å². The largest absolute Gasteiger partial charge is 0.340 e. The summed E-state index contributed by atoms with van der Waals surface area (Å²) in [4.78, 5) is 6.43. The van der Waals surface area contributed by atoms with Gasteiger partial charge in [-0.05, 0) is 42.5 Å². The Bertz CT molecular complexity index is 630. The van der Waals surface area contributed by atoms with Crippen molar-refractivity contribution in [3.8, 4) is 0 Å². The molecule has 0 saturated heterocycles. The molecule has 1 nitrogen and oxygen atoms in total. The summed E-state index contributed by atoms with van der Waals surface area (Å²) in [5, 5.41) is 0. The van der Waals surface area contributed by atoms with Crippen LogP contribution in [-0.4, -0.2) is 18.2 Å². The molecule has 0 bridgehead atoms. The van der Waals surface area contributed by atoms with Crippen LogP contribution in [-0.2, 0) is 0 Å². The Kier molecular flexibility index (Phi) is 5.04. The third-order valence-electron chi connectivity index (χ3n) is 3.42. The van der Waals surface area contributed by atoms with E-state index in [4.69, 9.17) is 11.6 Å². The lowest BCUT2D eigenvalue weighted by Crippen LogP contribution is -2.22. The van der Waals surface area contributed by atoms with Crippen LogP contribution < -0.4 is 4.90 Å². The summed E-state index contributed by atoms with van der Waals surface area (Å²) in [5.74, 6) is 1.80. The summed E-state index contributed by atoms with van der Waals surface area (Å²) in [7, 11) is 0. The average Bonchev–Trinajstić information content (AvgIpc) is 2.52. The van der Waals surface area contributed by atoms with Crippen LogP contribution in [0.2, 0.25) is 0 Å². The first-order chi connectivity index (χ1) is 10.3. The number of benzene rings is 2. The van der Waals surface area contributed by atoms with Crippen molar-refractivity contribution in [1.82, 2.24) is 0 Å². The van der Waals surface area contributed by atoms with Crippen molar-refractivity contribution in [3.63, 3.8) is 0 Å². The topological polar surface area (TPSA) is 3.24 Å². The lowest BCUT2D eigenvalue weighted by Gasteiger charge is -2.33. The number of halogens is 1. The summed E-state index contributed by atoms with van der Waals surface area (Å²) in [6, 6.07) is 15.4. The Morgan fingerprint density at radius 2 is 1.90 bits per heavy atom. The van der Waals surface area contributed by atoms with Crippen molar-refractivity contribution in [2.45, 2.75) is 28.0 Å². The molecule has 1 aliphatic rings. The molecule has 2 aromatic rings. The minimum atomic E-state index is 0.699. The highest BCUT2D eigenvalue weighted by atomic mass is 35.5. The molecule has 110 valence electrons. The van der Waals surface area contributed by atoms with Crippen LogP contribution in [0.25, 0.3) is 0 Å². The molecular weight excluding hydrogens is 318 g/mol. The molecule has 1 aliphatic heterocycles. The highest BCUT2D eigenvalue weighted by Crippen LogP contribution is 2.48. The average molecular weight is 336 g/mol. The predicted molar refractivity (Wildman–Crippen MR) is 95.7 cm³/mol. The van der Waals surface area contributed by atoms with Gasteiger partial charge in [-0.1, -0.05) is 30.8 Å². The summed E-state index contributed by atoms with van der Waals surface area (Å²) in [6.07, 6.45) is 0.991. The standard InChI is InChI=1S/C17H18ClNS2/c1-2-20-13-8-9-17-15(12-13)19(11-5-10-18)14-6-3-4-7-16(14)21-17/h3-4,6-9,12H,2,5,10-11H2,1H3. The number of rotatable bonds is 5. The van der Waals surface area contributed by atoms with Gasteiger partial charge in [0.2, 0.25) is 0 Å². The SMILES string of the molecule is CCSc1ccc2c(c1)N(CCCCl)c1ccccc1S2. The lowest BCUT2D eigenvalue weighted by molar-refractivity contribution is 0.869. The Labute approximate surface area is 140 Å². The van der Waals surface area contributed by atoms with E-state index in [1.54, 1.807) is 0 Å². The van der Waals surface area contributed by atoms with Gasteiger partial charge in [-0.3, -0.25) is 0 Å². The predicted octanol–water partition coefficient (Wildman–Crippen LogP) is 6.03. The normalized spacial score (nSPS) is 13.0. The van der Waals surface area contributed by atoms with Crippen LogP contribution in [0.5, 0.6) is 0 Å². The zero-order valence-corrected chi connectivity index (χ0v) is 14.4. The number of nitrogens with zero attached hydrogens (tertiary/aromatic N) is 1. The van der Waals surface area contributed by atoms with Crippen LogP contribution in [0.15, 0.2) is 57.2 Å². The molecule has 0 atom stereocenters. The van der Waals surface area contributed by atoms with Gasteiger partial charge in [0.05, 0.1) is 11.4 Å². The fraction of sp³-hybridized carbons (Fsp3) is 0.294. The first kappa shape index (κ1) is 15.1. The molecule has 21 heavy (non-hydrogen) atoms. The molecule has 0 fully saturated rings. The lowest BCUT2D eigenvalue weighted by atomic mass is 10.2. The number of anilines is 2. The van der Waals surface area contributed by atoms with Crippen molar-refractivity contribution in [2.24, 2.45) is 0 Å². The van der Waals surface area contributed by atoms with Gasteiger partial charge in [0.15, 0.2) is 0 Å². The third kappa shape index (κ3) is 3.20. The van der Waals surface area contributed by atoms with Gasteiger partial charge in [0.1, 0.15) is 0 Å². The highest BCUT2D eigenvalue weighted by Gasteiger charge is 2.22. The number of thioether (sulfide) groups is 1. The molecule has 0 radical (unpaired) electrons. The Hall–Kier alpha value is -0.770. The molecular formula is C17H18ClNS2. The molecule has 0 aliphatic carbocycles. The van der Waals surface area contributed by atoms with Gasteiger partial charge < -0.3 is 4.90 Å². The van der Waals surface area contributed by atoms with Crippen LogP contribution in [0.1, 0.15) is 13.3 Å². The van der Waals surface area contributed by atoms with E-state index in [2.05, 4.69) is 54.3 Å². The second-order valence-electron chi connectivity index (χ2n) is 4.83. The van der Waals surface area contributed by atoms with E-state index in [1.165, 1.54) is 26.1 Å². The molecule has 2 aromatic carbocycles. The highest BCUT2D eigenvalue weighted by molar-refractivity contribution is 8.00. The van der Waals surface area contributed by atoms with Crippen molar-refractivity contribution in [2.75, 3.05) is 23.1 Å². The zero-order chi connectivity index (χ0) is 14.7. The van der Waals surface area contributed by atoms with E-state index >= 15 is 0 Å². The molecule has 0 unspecified atom stereocenters. The molecule has 0 amide bonds. The fourth-order valence-electron chi connectivity index (χ4n) is 2.52. The summed E-state index contributed by atoms with van der Waals surface area (Å²) < 4.78 is 0. The smallest absolute Gasteiger partial charge is 0.0564 e. The second kappa shape index (κ2) is 6.99. The Balaban J connectivity index is 2.02. The van der Waals surface area contributed by atoms with Crippen LogP contribution >= 0.6 is 35.1 Å². The van der Waals surface area contributed by atoms with Crippen LogP contribution in [0.4, 0.5) is 11.4 Å².